The average molecular weight is 267 g/mol. The number of Topliss-reactive ketones (excluding diaryl/α,β-unsaturated/α-hetero) is 1. The first-order valence-corrected chi connectivity index (χ1v) is 6.40. The van der Waals surface area contributed by atoms with E-state index in [1.54, 1.807) is 6.07 Å². The van der Waals surface area contributed by atoms with Gasteiger partial charge >= 0.3 is 0 Å². The van der Waals surface area contributed by atoms with Crippen LogP contribution in [0.5, 0.6) is 0 Å². The van der Waals surface area contributed by atoms with Crippen LogP contribution in [-0.2, 0) is 11.3 Å². The number of carbonyl (C=O) groups excluding carboxylic acids is 1. The van der Waals surface area contributed by atoms with Crippen molar-refractivity contribution in [2.45, 2.75) is 6.61 Å². The maximum absolute atomic E-state index is 11.6. The topological polar surface area (TPSA) is 26.3 Å². The summed E-state index contributed by atoms with van der Waals surface area (Å²) in [4.78, 5) is 12.4. The van der Waals surface area contributed by atoms with Gasteiger partial charge in [0.25, 0.3) is 0 Å². The summed E-state index contributed by atoms with van der Waals surface area (Å²) in [7, 11) is 0. The Hall–Kier alpha value is -1.16. The van der Waals surface area contributed by atoms with Crippen molar-refractivity contribution in [3.63, 3.8) is 0 Å². The zero-order valence-electron chi connectivity index (χ0n) is 9.06. The first-order chi connectivity index (χ1) is 8.25. The lowest BCUT2D eigenvalue weighted by Gasteiger charge is -2.03. The van der Waals surface area contributed by atoms with E-state index in [0.29, 0.717) is 11.6 Å². The Labute approximate surface area is 109 Å². The van der Waals surface area contributed by atoms with Crippen LogP contribution in [0.2, 0.25) is 5.02 Å². The monoisotopic (exact) mass is 266 g/mol. The van der Waals surface area contributed by atoms with Crippen molar-refractivity contribution in [3.05, 3.63) is 57.2 Å². The lowest BCUT2D eigenvalue weighted by atomic mass is 10.2. The smallest absolute Gasteiger partial charge is 0.198 e. The van der Waals surface area contributed by atoms with E-state index in [9.17, 15) is 4.79 Å². The molecule has 0 spiro atoms. The normalized spacial score (nSPS) is 10.4. The zero-order valence-corrected chi connectivity index (χ0v) is 10.6. The van der Waals surface area contributed by atoms with Crippen molar-refractivity contribution in [1.82, 2.24) is 0 Å². The number of hydrogen-bond acceptors (Lipinski definition) is 3. The van der Waals surface area contributed by atoms with Crippen LogP contribution in [0, 0.1) is 0 Å². The van der Waals surface area contributed by atoms with Crippen molar-refractivity contribution in [3.8, 4) is 0 Å². The third-order valence-electron chi connectivity index (χ3n) is 2.19. The third-order valence-corrected chi connectivity index (χ3v) is 3.33. The highest BCUT2D eigenvalue weighted by atomic mass is 35.5. The molecule has 0 radical (unpaired) electrons. The summed E-state index contributed by atoms with van der Waals surface area (Å²) in [6.07, 6.45) is 0. The van der Waals surface area contributed by atoms with Crippen LogP contribution in [0.3, 0.4) is 0 Å². The maximum atomic E-state index is 11.6. The number of ether oxygens (including phenoxy) is 1. The van der Waals surface area contributed by atoms with E-state index in [1.807, 2.05) is 35.7 Å². The Kier molecular flexibility index (Phi) is 4.31. The van der Waals surface area contributed by atoms with Gasteiger partial charge in [-0.05, 0) is 29.1 Å². The minimum absolute atomic E-state index is 0.0158. The number of rotatable bonds is 5. The van der Waals surface area contributed by atoms with Crippen LogP contribution >= 0.6 is 22.9 Å². The molecule has 1 aromatic heterocycles. The number of halogens is 1. The quantitative estimate of drug-likeness (QED) is 0.770. The molecule has 1 aromatic carbocycles. The Bertz CT molecular complexity index is 494. The molecule has 0 aliphatic carbocycles. The first kappa shape index (κ1) is 12.3. The van der Waals surface area contributed by atoms with Gasteiger partial charge in [0, 0.05) is 5.02 Å². The van der Waals surface area contributed by atoms with Crippen LogP contribution in [0.4, 0.5) is 0 Å². The predicted molar refractivity (Wildman–Crippen MR) is 69.8 cm³/mol. The lowest BCUT2D eigenvalue weighted by Crippen LogP contribution is -2.07. The van der Waals surface area contributed by atoms with Crippen LogP contribution in [-0.4, -0.2) is 12.4 Å². The fourth-order valence-electron chi connectivity index (χ4n) is 1.40. The highest BCUT2D eigenvalue weighted by molar-refractivity contribution is 7.12. The number of benzene rings is 1. The number of hydrogen-bond donors (Lipinski definition) is 0. The molecule has 2 rings (SSSR count). The molecule has 0 saturated carbocycles. The molecule has 0 amide bonds. The highest BCUT2D eigenvalue weighted by Gasteiger charge is 2.06. The highest BCUT2D eigenvalue weighted by Crippen LogP contribution is 2.12. The predicted octanol–water partition coefficient (Wildman–Crippen LogP) is 3.80. The van der Waals surface area contributed by atoms with E-state index >= 15 is 0 Å². The van der Waals surface area contributed by atoms with Gasteiger partial charge < -0.3 is 4.74 Å². The Morgan fingerprint density at radius 2 is 2.18 bits per heavy atom. The molecular weight excluding hydrogens is 256 g/mol. The molecule has 0 fully saturated rings. The van der Waals surface area contributed by atoms with Gasteiger partial charge in [0.05, 0.1) is 11.5 Å². The molecule has 0 atom stereocenters. The minimum Gasteiger partial charge on any atom is -0.369 e. The summed E-state index contributed by atoms with van der Waals surface area (Å²) in [6, 6.07) is 11.1. The zero-order chi connectivity index (χ0) is 12.1. The molecule has 1 heterocycles. The molecule has 4 heteroatoms. The van der Waals surface area contributed by atoms with E-state index in [-0.39, 0.29) is 12.4 Å². The molecule has 0 unspecified atom stereocenters. The van der Waals surface area contributed by atoms with Gasteiger partial charge in [0.15, 0.2) is 5.78 Å². The second-order valence-electron chi connectivity index (χ2n) is 3.52. The van der Waals surface area contributed by atoms with Crippen LogP contribution in [0.1, 0.15) is 15.2 Å². The minimum atomic E-state index is 0.0158. The van der Waals surface area contributed by atoms with Gasteiger partial charge in [-0.15, -0.1) is 11.3 Å². The molecule has 88 valence electrons. The average Bonchev–Trinajstić information content (AvgIpc) is 2.82. The fraction of sp³-hybridized carbons (Fsp3) is 0.154. The Morgan fingerprint density at radius 1 is 1.29 bits per heavy atom. The summed E-state index contributed by atoms with van der Waals surface area (Å²) in [5.41, 5.74) is 0.969. The molecular formula is C13H11ClO2S. The molecule has 17 heavy (non-hydrogen) atoms. The maximum Gasteiger partial charge on any atom is 0.198 e. The van der Waals surface area contributed by atoms with Crippen molar-refractivity contribution in [1.29, 1.82) is 0 Å². The van der Waals surface area contributed by atoms with E-state index < -0.39 is 0 Å². The van der Waals surface area contributed by atoms with Crippen molar-refractivity contribution in [2.75, 3.05) is 6.61 Å². The molecule has 0 saturated heterocycles. The summed E-state index contributed by atoms with van der Waals surface area (Å²) < 4.78 is 5.36. The van der Waals surface area contributed by atoms with Gasteiger partial charge in [0.1, 0.15) is 6.61 Å². The molecule has 0 bridgehead atoms. The van der Waals surface area contributed by atoms with Crippen LogP contribution in [0.25, 0.3) is 0 Å². The van der Waals surface area contributed by atoms with Crippen molar-refractivity contribution < 1.29 is 9.53 Å². The standard InChI is InChI=1S/C13H11ClO2S/c14-11-4-1-3-10(7-11)8-16-9-12(15)13-5-2-6-17-13/h1-7H,8-9H2. The SMILES string of the molecule is O=C(COCc1cccc(Cl)c1)c1cccs1. The van der Waals surface area contributed by atoms with Crippen LogP contribution in [0.15, 0.2) is 41.8 Å². The summed E-state index contributed by atoms with van der Waals surface area (Å²) >= 11 is 7.28. The number of thiophene rings is 1. The first-order valence-electron chi connectivity index (χ1n) is 5.14. The second-order valence-corrected chi connectivity index (χ2v) is 4.91. The van der Waals surface area contributed by atoms with E-state index in [1.165, 1.54) is 11.3 Å². The molecule has 0 N–H and O–H groups in total. The van der Waals surface area contributed by atoms with Crippen molar-refractivity contribution in [2.24, 2.45) is 0 Å². The van der Waals surface area contributed by atoms with Gasteiger partial charge in [0.2, 0.25) is 0 Å². The molecule has 2 nitrogen and oxygen atoms in total. The summed E-state index contributed by atoms with van der Waals surface area (Å²) in [6.45, 7) is 0.505. The largest absolute Gasteiger partial charge is 0.369 e. The number of ketones is 1. The molecule has 0 aliphatic rings. The van der Waals surface area contributed by atoms with E-state index in [2.05, 4.69) is 0 Å². The number of carbonyl (C=O) groups is 1. The van der Waals surface area contributed by atoms with Gasteiger partial charge in [-0.1, -0.05) is 29.8 Å². The summed E-state index contributed by atoms with van der Waals surface area (Å²) in [5, 5.41) is 2.56. The van der Waals surface area contributed by atoms with Gasteiger partial charge in [-0.25, -0.2) is 0 Å². The van der Waals surface area contributed by atoms with Crippen LogP contribution < -0.4 is 0 Å². The fourth-order valence-corrected chi connectivity index (χ4v) is 2.26. The Morgan fingerprint density at radius 3 is 2.88 bits per heavy atom. The third kappa shape index (κ3) is 3.66. The lowest BCUT2D eigenvalue weighted by molar-refractivity contribution is 0.0730. The second kappa shape index (κ2) is 5.96. The van der Waals surface area contributed by atoms with Crippen molar-refractivity contribution >= 4 is 28.7 Å². The summed E-state index contributed by atoms with van der Waals surface area (Å²) in [5.74, 6) is 0.0158. The van der Waals surface area contributed by atoms with E-state index in [4.69, 9.17) is 16.3 Å². The molecule has 0 aliphatic heterocycles. The van der Waals surface area contributed by atoms with E-state index in [0.717, 1.165) is 10.4 Å². The van der Waals surface area contributed by atoms with Gasteiger partial charge in [-0.3, -0.25) is 4.79 Å². The Balaban J connectivity index is 1.82. The van der Waals surface area contributed by atoms with Gasteiger partial charge in [-0.2, -0.15) is 0 Å². The molecule has 2 aromatic rings.